The van der Waals surface area contributed by atoms with Gasteiger partial charge in [0.15, 0.2) is 0 Å². The van der Waals surface area contributed by atoms with Crippen molar-refractivity contribution in [2.75, 3.05) is 13.1 Å². The number of piperidine rings is 1. The molecule has 2 heterocycles. The molecule has 2 aromatic carbocycles. The Labute approximate surface area is 159 Å². The minimum atomic E-state index is -0.944. The standard InChI is InChI=1S/C23H23NO3/c25-22(26)9-7-18-6-8-21-20(16-18)10-11-23(27-21)12-14-24(15-13-23)17-19-4-2-1-3-5-19/h1-11,16H,12-15,17H2,(H,25,26)/b9-7+. The molecule has 4 nitrogen and oxygen atoms in total. The molecule has 0 saturated carbocycles. The summed E-state index contributed by atoms with van der Waals surface area (Å²) in [5, 5.41) is 8.76. The molecular formula is C23H23NO3. The van der Waals surface area contributed by atoms with Crippen molar-refractivity contribution in [1.29, 1.82) is 0 Å². The molecule has 4 rings (SSSR count). The number of likely N-dealkylation sites (tertiary alicyclic amines) is 1. The zero-order chi connectivity index (χ0) is 18.7. The lowest BCUT2D eigenvalue weighted by atomic mass is 9.87. The minimum Gasteiger partial charge on any atom is -0.482 e. The fourth-order valence-corrected chi connectivity index (χ4v) is 3.76. The number of nitrogens with zero attached hydrogens (tertiary/aromatic N) is 1. The number of rotatable bonds is 4. The van der Waals surface area contributed by atoms with Gasteiger partial charge in [-0.2, -0.15) is 0 Å². The van der Waals surface area contributed by atoms with Crippen molar-refractivity contribution in [1.82, 2.24) is 4.90 Å². The van der Waals surface area contributed by atoms with Gasteiger partial charge in [0.1, 0.15) is 11.4 Å². The fourth-order valence-electron chi connectivity index (χ4n) is 3.76. The first-order valence-electron chi connectivity index (χ1n) is 9.32. The Morgan fingerprint density at radius 2 is 1.93 bits per heavy atom. The van der Waals surface area contributed by atoms with Crippen LogP contribution in [0.25, 0.3) is 12.2 Å². The van der Waals surface area contributed by atoms with E-state index in [1.807, 2.05) is 18.2 Å². The van der Waals surface area contributed by atoms with Crippen LogP contribution in [0.1, 0.15) is 29.5 Å². The quantitative estimate of drug-likeness (QED) is 0.828. The summed E-state index contributed by atoms with van der Waals surface area (Å²) in [6, 6.07) is 16.4. The second kappa shape index (κ2) is 7.41. The van der Waals surface area contributed by atoms with Crippen LogP contribution in [-0.4, -0.2) is 34.7 Å². The number of aliphatic carboxylic acids is 1. The Balaban J connectivity index is 1.41. The Hall–Kier alpha value is -2.85. The summed E-state index contributed by atoms with van der Waals surface area (Å²) in [4.78, 5) is 13.2. The number of carbonyl (C=O) groups is 1. The summed E-state index contributed by atoms with van der Waals surface area (Å²) in [5.74, 6) is -0.0674. The van der Waals surface area contributed by atoms with Gasteiger partial charge in [-0.3, -0.25) is 4.90 Å². The van der Waals surface area contributed by atoms with E-state index in [1.54, 1.807) is 6.08 Å². The van der Waals surface area contributed by atoms with Gasteiger partial charge in [0.05, 0.1) is 0 Å². The molecule has 0 aliphatic carbocycles. The van der Waals surface area contributed by atoms with Crippen molar-refractivity contribution in [3.8, 4) is 5.75 Å². The van der Waals surface area contributed by atoms with E-state index in [1.165, 1.54) is 5.56 Å². The molecular weight excluding hydrogens is 338 g/mol. The maximum Gasteiger partial charge on any atom is 0.328 e. The molecule has 27 heavy (non-hydrogen) atoms. The molecule has 1 N–H and O–H groups in total. The zero-order valence-electron chi connectivity index (χ0n) is 15.2. The van der Waals surface area contributed by atoms with Crippen molar-refractivity contribution < 1.29 is 14.6 Å². The van der Waals surface area contributed by atoms with Crippen LogP contribution in [0, 0.1) is 0 Å². The van der Waals surface area contributed by atoms with Gasteiger partial charge in [-0.15, -0.1) is 0 Å². The summed E-state index contributed by atoms with van der Waals surface area (Å²) in [5.41, 5.74) is 2.98. The van der Waals surface area contributed by atoms with Gasteiger partial charge < -0.3 is 9.84 Å². The van der Waals surface area contributed by atoms with Crippen molar-refractivity contribution >= 4 is 18.1 Å². The molecule has 2 aliphatic rings. The van der Waals surface area contributed by atoms with E-state index in [2.05, 4.69) is 47.4 Å². The van der Waals surface area contributed by atoms with E-state index in [0.717, 1.165) is 55.4 Å². The van der Waals surface area contributed by atoms with E-state index in [0.29, 0.717) is 0 Å². The summed E-state index contributed by atoms with van der Waals surface area (Å²) in [7, 11) is 0. The van der Waals surface area contributed by atoms with Crippen LogP contribution in [0.15, 0.2) is 60.7 Å². The number of ether oxygens (including phenoxy) is 1. The third-order valence-electron chi connectivity index (χ3n) is 5.28. The molecule has 2 aromatic rings. The zero-order valence-corrected chi connectivity index (χ0v) is 15.2. The van der Waals surface area contributed by atoms with Crippen LogP contribution in [0.3, 0.4) is 0 Å². The lowest BCUT2D eigenvalue weighted by Crippen LogP contribution is -2.47. The highest BCUT2D eigenvalue weighted by Gasteiger charge is 2.36. The van der Waals surface area contributed by atoms with Gasteiger partial charge in [-0.05, 0) is 35.4 Å². The average Bonchev–Trinajstić information content (AvgIpc) is 2.69. The van der Waals surface area contributed by atoms with Gasteiger partial charge >= 0.3 is 5.97 Å². The lowest BCUT2D eigenvalue weighted by molar-refractivity contribution is -0.131. The number of carboxylic acid groups (broad SMARTS) is 1. The number of carboxylic acids is 1. The molecule has 1 spiro atoms. The molecule has 0 atom stereocenters. The third-order valence-corrected chi connectivity index (χ3v) is 5.28. The Bertz CT molecular complexity index is 878. The molecule has 0 bridgehead atoms. The Kier molecular flexibility index (Phi) is 4.82. The summed E-state index contributed by atoms with van der Waals surface area (Å²) < 4.78 is 6.39. The molecule has 0 unspecified atom stereocenters. The molecule has 4 heteroatoms. The lowest BCUT2D eigenvalue weighted by Gasteiger charge is -2.42. The van der Waals surface area contributed by atoms with Crippen LogP contribution in [-0.2, 0) is 11.3 Å². The summed E-state index contributed by atoms with van der Waals surface area (Å²) in [6.07, 6.45) is 8.98. The van der Waals surface area contributed by atoms with Gasteiger partial charge in [0.25, 0.3) is 0 Å². The highest BCUT2D eigenvalue weighted by atomic mass is 16.5. The summed E-state index contributed by atoms with van der Waals surface area (Å²) in [6.45, 7) is 3.00. The highest BCUT2D eigenvalue weighted by molar-refractivity contribution is 5.85. The number of hydrogen-bond acceptors (Lipinski definition) is 3. The molecule has 2 aliphatic heterocycles. The monoisotopic (exact) mass is 361 g/mol. The third kappa shape index (κ3) is 4.12. The fraction of sp³-hybridized carbons (Fsp3) is 0.261. The Morgan fingerprint density at radius 1 is 1.15 bits per heavy atom. The SMILES string of the molecule is O=C(O)/C=C/c1ccc2c(c1)C=CC1(CCN(Cc3ccccc3)CC1)O2. The average molecular weight is 361 g/mol. The first-order chi connectivity index (χ1) is 13.1. The van der Waals surface area contributed by atoms with E-state index in [9.17, 15) is 4.79 Å². The van der Waals surface area contributed by atoms with Gasteiger partial charge in [0, 0.05) is 44.1 Å². The van der Waals surface area contributed by atoms with Crippen LogP contribution in [0.5, 0.6) is 5.75 Å². The first-order valence-corrected chi connectivity index (χ1v) is 9.32. The van der Waals surface area contributed by atoms with Crippen molar-refractivity contribution in [2.24, 2.45) is 0 Å². The topological polar surface area (TPSA) is 49.8 Å². The van der Waals surface area contributed by atoms with Gasteiger partial charge in [-0.25, -0.2) is 4.79 Å². The molecule has 0 aromatic heterocycles. The largest absolute Gasteiger partial charge is 0.482 e. The van der Waals surface area contributed by atoms with Crippen LogP contribution < -0.4 is 4.74 Å². The van der Waals surface area contributed by atoms with Crippen molar-refractivity contribution in [3.05, 3.63) is 77.4 Å². The maximum absolute atomic E-state index is 10.7. The van der Waals surface area contributed by atoms with E-state index in [-0.39, 0.29) is 5.60 Å². The van der Waals surface area contributed by atoms with Crippen LogP contribution in [0.4, 0.5) is 0 Å². The maximum atomic E-state index is 10.7. The van der Waals surface area contributed by atoms with E-state index >= 15 is 0 Å². The Morgan fingerprint density at radius 3 is 2.67 bits per heavy atom. The predicted molar refractivity (Wildman–Crippen MR) is 106 cm³/mol. The molecule has 138 valence electrons. The van der Waals surface area contributed by atoms with Crippen LogP contribution in [0.2, 0.25) is 0 Å². The van der Waals surface area contributed by atoms with E-state index < -0.39 is 5.97 Å². The second-order valence-electron chi connectivity index (χ2n) is 7.23. The van der Waals surface area contributed by atoms with E-state index in [4.69, 9.17) is 9.84 Å². The normalized spacial score (nSPS) is 18.4. The second-order valence-corrected chi connectivity index (χ2v) is 7.23. The minimum absolute atomic E-state index is 0.224. The summed E-state index contributed by atoms with van der Waals surface area (Å²) >= 11 is 0. The highest BCUT2D eigenvalue weighted by Crippen LogP contribution is 2.37. The molecule has 1 saturated heterocycles. The van der Waals surface area contributed by atoms with Crippen LogP contribution >= 0.6 is 0 Å². The number of fused-ring (bicyclic) bond motifs is 1. The van der Waals surface area contributed by atoms with Crippen molar-refractivity contribution in [2.45, 2.75) is 25.0 Å². The number of hydrogen-bond donors (Lipinski definition) is 1. The van der Waals surface area contributed by atoms with Crippen molar-refractivity contribution in [3.63, 3.8) is 0 Å². The molecule has 0 radical (unpaired) electrons. The van der Waals surface area contributed by atoms with Gasteiger partial charge in [0.2, 0.25) is 0 Å². The van der Waals surface area contributed by atoms with Gasteiger partial charge in [-0.1, -0.05) is 42.5 Å². The smallest absolute Gasteiger partial charge is 0.328 e. The molecule has 0 amide bonds. The first kappa shape index (κ1) is 17.6. The number of benzene rings is 2. The predicted octanol–water partition coefficient (Wildman–Crippen LogP) is 4.22. The molecule has 1 fully saturated rings.